The Morgan fingerprint density at radius 2 is 2.06 bits per heavy atom. The fraction of sp³-hybridized carbons (Fsp3) is 0.385. The average Bonchev–Trinajstić information content (AvgIpc) is 2.23. The van der Waals surface area contributed by atoms with Gasteiger partial charge in [-0.15, -0.1) is 0 Å². The first kappa shape index (κ1) is 11.6. The van der Waals surface area contributed by atoms with Crippen molar-refractivity contribution in [1.29, 1.82) is 0 Å². The predicted octanol–water partition coefficient (Wildman–Crippen LogP) is 2.19. The van der Waals surface area contributed by atoms with Crippen LogP contribution in [-0.4, -0.2) is 23.0 Å². The SMILES string of the molecule is Cc1ccc(OC2CCC2)c(C(=O)C(=O)O)c1. The molecule has 1 saturated carbocycles. The number of carbonyl (C=O) groups is 2. The van der Waals surface area contributed by atoms with Crippen LogP contribution in [0.1, 0.15) is 35.2 Å². The molecule has 0 spiro atoms. The average molecular weight is 234 g/mol. The molecule has 0 unspecified atom stereocenters. The van der Waals surface area contributed by atoms with Gasteiger partial charge in [0.2, 0.25) is 0 Å². The van der Waals surface area contributed by atoms with Crippen LogP contribution in [0.2, 0.25) is 0 Å². The van der Waals surface area contributed by atoms with Crippen LogP contribution in [0.5, 0.6) is 5.75 Å². The Balaban J connectivity index is 2.29. The number of carbonyl (C=O) groups excluding carboxylic acids is 1. The summed E-state index contributed by atoms with van der Waals surface area (Å²) in [6, 6.07) is 5.04. The van der Waals surface area contributed by atoms with Crippen molar-refractivity contribution in [3.63, 3.8) is 0 Å². The van der Waals surface area contributed by atoms with Crippen molar-refractivity contribution in [3.8, 4) is 5.75 Å². The minimum absolute atomic E-state index is 0.123. The van der Waals surface area contributed by atoms with Gasteiger partial charge in [0.15, 0.2) is 0 Å². The van der Waals surface area contributed by atoms with E-state index in [1.54, 1.807) is 12.1 Å². The lowest BCUT2D eigenvalue weighted by atomic mass is 9.96. The van der Waals surface area contributed by atoms with Gasteiger partial charge in [0.05, 0.1) is 11.7 Å². The molecule has 0 heterocycles. The summed E-state index contributed by atoms with van der Waals surface area (Å²) in [5.41, 5.74) is 0.986. The fourth-order valence-corrected chi connectivity index (χ4v) is 1.71. The Morgan fingerprint density at radius 1 is 1.35 bits per heavy atom. The topological polar surface area (TPSA) is 63.6 Å². The molecule has 0 radical (unpaired) electrons. The molecule has 0 amide bonds. The van der Waals surface area contributed by atoms with E-state index in [0.717, 1.165) is 24.8 Å². The summed E-state index contributed by atoms with van der Waals surface area (Å²) in [6.07, 6.45) is 3.18. The quantitative estimate of drug-likeness (QED) is 0.640. The van der Waals surface area contributed by atoms with Gasteiger partial charge in [-0.1, -0.05) is 11.6 Å². The van der Waals surface area contributed by atoms with Crippen molar-refractivity contribution in [2.75, 3.05) is 0 Å². The van der Waals surface area contributed by atoms with Gasteiger partial charge in [-0.25, -0.2) is 4.79 Å². The van der Waals surface area contributed by atoms with E-state index in [0.29, 0.717) is 5.75 Å². The second-order valence-electron chi connectivity index (χ2n) is 4.30. The number of ketones is 1. The minimum atomic E-state index is -1.45. The minimum Gasteiger partial charge on any atom is -0.490 e. The van der Waals surface area contributed by atoms with E-state index < -0.39 is 11.8 Å². The molecule has 1 N–H and O–H groups in total. The van der Waals surface area contributed by atoms with E-state index in [2.05, 4.69) is 0 Å². The molecular weight excluding hydrogens is 220 g/mol. The predicted molar refractivity (Wildman–Crippen MR) is 61.4 cm³/mol. The Hall–Kier alpha value is -1.84. The van der Waals surface area contributed by atoms with Gasteiger partial charge in [-0.3, -0.25) is 4.79 Å². The maximum atomic E-state index is 11.5. The molecule has 1 aliphatic carbocycles. The van der Waals surface area contributed by atoms with E-state index in [1.807, 2.05) is 13.0 Å². The van der Waals surface area contributed by atoms with Crippen LogP contribution in [-0.2, 0) is 4.79 Å². The molecule has 17 heavy (non-hydrogen) atoms. The number of ether oxygens (including phenoxy) is 1. The van der Waals surface area contributed by atoms with Gasteiger partial charge in [0, 0.05) is 0 Å². The van der Waals surface area contributed by atoms with Crippen molar-refractivity contribution in [1.82, 2.24) is 0 Å². The van der Waals surface area contributed by atoms with Crippen molar-refractivity contribution < 1.29 is 19.4 Å². The number of benzene rings is 1. The first-order valence-electron chi connectivity index (χ1n) is 5.63. The van der Waals surface area contributed by atoms with E-state index >= 15 is 0 Å². The lowest BCUT2D eigenvalue weighted by molar-refractivity contribution is -0.131. The highest BCUT2D eigenvalue weighted by Gasteiger charge is 2.24. The summed E-state index contributed by atoms with van der Waals surface area (Å²) in [4.78, 5) is 22.3. The zero-order valence-electron chi connectivity index (χ0n) is 9.60. The standard InChI is InChI=1S/C13H14O4/c1-8-5-6-11(17-9-3-2-4-9)10(7-8)12(14)13(15)16/h5-7,9H,2-4H2,1H3,(H,15,16). The Morgan fingerprint density at radius 3 is 2.59 bits per heavy atom. The number of aliphatic carboxylic acids is 1. The molecule has 0 aliphatic heterocycles. The van der Waals surface area contributed by atoms with Crippen molar-refractivity contribution in [2.24, 2.45) is 0 Å². The smallest absolute Gasteiger partial charge is 0.377 e. The molecule has 0 saturated heterocycles. The monoisotopic (exact) mass is 234 g/mol. The van der Waals surface area contributed by atoms with Gasteiger partial charge in [0.25, 0.3) is 5.78 Å². The fourth-order valence-electron chi connectivity index (χ4n) is 1.71. The Labute approximate surface area is 99.2 Å². The second kappa shape index (κ2) is 4.57. The Kier molecular flexibility index (Phi) is 3.13. The zero-order valence-corrected chi connectivity index (χ0v) is 9.60. The van der Waals surface area contributed by atoms with Gasteiger partial charge >= 0.3 is 5.97 Å². The van der Waals surface area contributed by atoms with Crippen molar-refractivity contribution >= 4 is 11.8 Å². The summed E-state index contributed by atoms with van der Waals surface area (Å²) in [5, 5.41) is 8.75. The van der Waals surface area contributed by atoms with Crippen molar-refractivity contribution in [3.05, 3.63) is 29.3 Å². The van der Waals surface area contributed by atoms with E-state index in [1.165, 1.54) is 0 Å². The maximum Gasteiger partial charge on any atom is 0.377 e. The number of rotatable bonds is 4. The number of carboxylic acids is 1. The van der Waals surface area contributed by atoms with Crippen LogP contribution < -0.4 is 4.74 Å². The summed E-state index contributed by atoms with van der Waals surface area (Å²) < 4.78 is 5.62. The summed E-state index contributed by atoms with van der Waals surface area (Å²) >= 11 is 0. The highest BCUT2D eigenvalue weighted by atomic mass is 16.5. The number of hydrogen-bond donors (Lipinski definition) is 1. The highest BCUT2D eigenvalue weighted by Crippen LogP contribution is 2.28. The molecule has 0 atom stereocenters. The molecule has 4 nitrogen and oxygen atoms in total. The zero-order chi connectivity index (χ0) is 12.4. The molecule has 1 fully saturated rings. The maximum absolute atomic E-state index is 11.5. The van der Waals surface area contributed by atoms with Crippen LogP contribution >= 0.6 is 0 Å². The summed E-state index contributed by atoms with van der Waals surface area (Å²) in [6.45, 7) is 1.81. The Bertz CT molecular complexity index is 460. The van der Waals surface area contributed by atoms with Crippen LogP contribution in [0.3, 0.4) is 0 Å². The first-order valence-corrected chi connectivity index (χ1v) is 5.63. The molecule has 1 aliphatic rings. The lowest BCUT2D eigenvalue weighted by Gasteiger charge is -2.27. The number of aryl methyl sites for hydroxylation is 1. The van der Waals surface area contributed by atoms with Gasteiger partial charge in [-0.05, 0) is 38.3 Å². The molecule has 0 bridgehead atoms. The number of hydrogen-bond acceptors (Lipinski definition) is 3. The van der Waals surface area contributed by atoms with E-state index in [4.69, 9.17) is 9.84 Å². The van der Waals surface area contributed by atoms with Crippen molar-refractivity contribution in [2.45, 2.75) is 32.3 Å². The largest absolute Gasteiger partial charge is 0.490 e. The third kappa shape index (κ3) is 2.46. The molecule has 90 valence electrons. The van der Waals surface area contributed by atoms with Gasteiger partial charge < -0.3 is 9.84 Å². The van der Waals surface area contributed by atoms with Crippen LogP contribution in [0.15, 0.2) is 18.2 Å². The van der Waals surface area contributed by atoms with Crippen LogP contribution in [0.25, 0.3) is 0 Å². The third-order valence-corrected chi connectivity index (χ3v) is 2.92. The molecule has 1 aromatic carbocycles. The highest BCUT2D eigenvalue weighted by molar-refractivity contribution is 6.40. The van der Waals surface area contributed by atoms with E-state index in [-0.39, 0.29) is 11.7 Å². The molecular formula is C13H14O4. The molecule has 4 heteroatoms. The summed E-state index contributed by atoms with van der Waals surface area (Å²) in [5.74, 6) is -1.98. The molecule has 2 rings (SSSR count). The van der Waals surface area contributed by atoms with E-state index in [9.17, 15) is 9.59 Å². The normalized spacial score (nSPS) is 15.1. The van der Waals surface area contributed by atoms with Gasteiger partial charge in [0.1, 0.15) is 5.75 Å². The third-order valence-electron chi connectivity index (χ3n) is 2.92. The van der Waals surface area contributed by atoms with Crippen LogP contribution in [0, 0.1) is 6.92 Å². The first-order chi connectivity index (χ1) is 8.08. The number of Topliss-reactive ketones (excluding diaryl/α,β-unsaturated/α-hetero) is 1. The van der Waals surface area contributed by atoms with Gasteiger partial charge in [-0.2, -0.15) is 0 Å². The lowest BCUT2D eigenvalue weighted by Crippen LogP contribution is -2.26. The van der Waals surface area contributed by atoms with Crippen LogP contribution in [0.4, 0.5) is 0 Å². The molecule has 1 aromatic rings. The number of carboxylic acid groups (broad SMARTS) is 1. The second-order valence-corrected chi connectivity index (χ2v) is 4.30. The molecule has 0 aromatic heterocycles. The summed E-state index contributed by atoms with van der Waals surface area (Å²) in [7, 11) is 0.